The molecule has 0 bridgehead atoms. The number of amides is 1. The van der Waals surface area contributed by atoms with E-state index in [1.54, 1.807) is 4.90 Å². The lowest BCUT2D eigenvalue weighted by molar-refractivity contribution is -0.0575. The highest BCUT2D eigenvalue weighted by Gasteiger charge is 2.41. The molecule has 4 nitrogen and oxygen atoms in total. The molecule has 1 spiro atoms. The molecule has 0 saturated carbocycles. The molecule has 4 heteroatoms. The minimum absolute atomic E-state index is 0.0743. The molecule has 2 aliphatic rings. The molecular formula is C13H23NO3. The van der Waals surface area contributed by atoms with Crippen LogP contribution < -0.4 is 0 Å². The normalized spacial score (nSPS) is 29.7. The summed E-state index contributed by atoms with van der Waals surface area (Å²) in [4.78, 5) is 13.8. The minimum Gasteiger partial charge on any atom is -0.444 e. The Labute approximate surface area is 103 Å². The summed E-state index contributed by atoms with van der Waals surface area (Å²) in [5, 5.41) is 0. The number of hydrogen-bond acceptors (Lipinski definition) is 3. The van der Waals surface area contributed by atoms with E-state index in [2.05, 4.69) is 0 Å². The maximum atomic E-state index is 12.0. The van der Waals surface area contributed by atoms with Crippen LogP contribution in [0.3, 0.4) is 0 Å². The molecule has 2 fully saturated rings. The van der Waals surface area contributed by atoms with Crippen molar-refractivity contribution >= 4 is 6.09 Å². The van der Waals surface area contributed by atoms with E-state index in [9.17, 15) is 4.79 Å². The van der Waals surface area contributed by atoms with Crippen molar-refractivity contribution in [3.05, 3.63) is 0 Å². The maximum absolute atomic E-state index is 12.0. The zero-order valence-electron chi connectivity index (χ0n) is 11.1. The summed E-state index contributed by atoms with van der Waals surface area (Å²) in [5.74, 6) is 0. The Morgan fingerprint density at radius 1 is 1.29 bits per heavy atom. The molecule has 2 saturated heterocycles. The lowest BCUT2D eigenvalue weighted by Crippen LogP contribution is -2.51. The number of nitrogens with zero attached hydrogens (tertiary/aromatic N) is 1. The van der Waals surface area contributed by atoms with Gasteiger partial charge in [-0.15, -0.1) is 0 Å². The van der Waals surface area contributed by atoms with E-state index in [1.165, 1.54) is 0 Å². The highest BCUT2D eigenvalue weighted by atomic mass is 16.6. The maximum Gasteiger partial charge on any atom is 0.410 e. The van der Waals surface area contributed by atoms with Gasteiger partial charge in [-0.2, -0.15) is 0 Å². The number of likely N-dealkylation sites (tertiary alicyclic amines) is 1. The van der Waals surface area contributed by atoms with Crippen LogP contribution in [-0.2, 0) is 9.47 Å². The van der Waals surface area contributed by atoms with Gasteiger partial charge in [0.25, 0.3) is 0 Å². The first-order valence-electron chi connectivity index (χ1n) is 6.52. The Balaban J connectivity index is 1.95. The Kier molecular flexibility index (Phi) is 3.34. The van der Waals surface area contributed by atoms with E-state index in [4.69, 9.17) is 9.47 Å². The molecule has 0 aromatic carbocycles. The van der Waals surface area contributed by atoms with Gasteiger partial charge in [-0.05, 0) is 46.5 Å². The molecule has 1 atom stereocenters. The van der Waals surface area contributed by atoms with Crippen molar-refractivity contribution in [3.63, 3.8) is 0 Å². The molecule has 0 aromatic heterocycles. The summed E-state index contributed by atoms with van der Waals surface area (Å²) < 4.78 is 11.3. The molecular weight excluding hydrogens is 218 g/mol. The first kappa shape index (κ1) is 12.7. The molecule has 2 aliphatic heterocycles. The highest BCUT2D eigenvalue weighted by Crippen LogP contribution is 2.34. The van der Waals surface area contributed by atoms with Crippen molar-refractivity contribution in [2.24, 2.45) is 0 Å². The van der Waals surface area contributed by atoms with E-state index in [0.29, 0.717) is 6.54 Å². The summed E-state index contributed by atoms with van der Waals surface area (Å²) in [7, 11) is 0. The molecule has 1 unspecified atom stereocenters. The Morgan fingerprint density at radius 3 is 2.59 bits per heavy atom. The average Bonchev–Trinajstić information content (AvgIpc) is 2.64. The number of ether oxygens (including phenoxy) is 2. The molecule has 0 radical (unpaired) electrons. The predicted molar refractivity (Wildman–Crippen MR) is 65.0 cm³/mol. The van der Waals surface area contributed by atoms with Crippen molar-refractivity contribution in [1.82, 2.24) is 4.90 Å². The number of rotatable bonds is 0. The Morgan fingerprint density at radius 2 is 2.00 bits per heavy atom. The molecule has 0 aromatic rings. The lowest BCUT2D eigenvalue weighted by Gasteiger charge is -2.39. The fraction of sp³-hybridized carbons (Fsp3) is 0.923. The second kappa shape index (κ2) is 4.48. The van der Waals surface area contributed by atoms with Gasteiger partial charge >= 0.3 is 6.09 Å². The van der Waals surface area contributed by atoms with Crippen LogP contribution in [0, 0.1) is 0 Å². The van der Waals surface area contributed by atoms with Gasteiger partial charge in [0, 0.05) is 13.2 Å². The van der Waals surface area contributed by atoms with Crippen LogP contribution in [0.2, 0.25) is 0 Å². The van der Waals surface area contributed by atoms with Gasteiger partial charge in [0.2, 0.25) is 0 Å². The van der Waals surface area contributed by atoms with Crippen LogP contribution >= 0.6 is 0 Å². The molecule has 98 valence electrons. The zero-order valence-corrected chi connectivity index (χ0v) is 11.1. The van der Waals surface area contributed by atoms with Crippen molar-refractivity contribution in [3.8, 4) is 0 Å². The van der Waals surface area contributed by atoms with Crippen molar-refractivity contribution < 1.29 is 14.3 Å². The van der Waals surface area contributed by atoms with Crippen LogP contribution in [0.15, 0.2) is 0 Å². The quantitative estimate of drug-likeness (QED) is 0.654. The van der Waals surface area contributed by atoms with Crippen LogP contribution in [0.4, 0.5) is 4.79 Å². The average molecular weight is 241 g/mol. The van der Waals surface area contributed by atoms with Gasteiger partial charge < -0.3 is 14.4 Å². The molecule has 1 amide bonds. The lowest BCUT2D eigenvalue weighted by atomic mass is 9.90. The summed E-state index contributed by atoms with van der Waals surface area (Å²) >= 11 is 0. The van der Waals surface area contributed by atoms with Crippen LogP contribution in [0.5, 0.6) is 0 Å². The standard InChI is InChI=1S/C13H23NO3/c1-12(2,3)17-11(15)14-8-4-6-13(10-14)7-5-9-16-13/h4-10H2,1-3H3. The summed E-state index contributed by atoms with van der Waals surface area (Å²) in [5.41, 5.74) is -0.493. The predicted octanol–water partition coefficient (Wildman–Crippen LogP) is 2.57. The molecule has 0 N–H and O–H groups in total. The first-order chi connectivity index (χ1) is 7.90. The Hall–Kier alpha value is -0.770. The fourth-order valence-electron chi connectivity index (χ4n) is 2.66. The third-order valence-electron chi connectivity index (χ3n) is 3.38. The van der Waals surface area contributed by atoms with Crippen molar-refractivity contribution in [2.45, 2.75) is 57.7 Å². The van der Waals surface area contributed by atoms with E-state index in [1.807, 2.05) is 20.8 Å². The molecule has 2 rings (SSSR count). The smallest absolute Gasteiger partial charge is 0.410 e. The van der Waals surface area contributed by atoms with Gasteiger partial charge in [-0.25, -0.2) is 4.79 Å². The fourth-order valence-corrected chi connectivity index (χ4v) is 2.66. The topological polar surface area (TPSA) is 38.8 Å². The zero-order chi connectivity index (χ0) is 12.5. The van der Waals surface area contributed by atoms with Gasteiger partial charge in [-0.1, -0.05) is 0 Å². The van der Waals surface area contributed by atoms with E-state index < -0.39 is 5.60 Å². The summed E-state index contributed by atoms with van der Waals surface area (Å²) in [6.07, 6.45) is 4.08. The monoisotopic (exact) mass is 241 g/mol. The van der Waals surface area contributed by atoms with E-state index >= 15 is 0 Å². The van der Waals surface area contributed by atoms with Crippen LogP contribution in [0.1, 0.15) is 46.5 Å². The largest absolute Gasteiger partial charge is 0.444 e. The van der Waals surface area contributed by atoms with Crippen LogP contribution in [-0.4, -0.2) is 41.9 Å². The summed E-state index contributed by atoms with van der Waals surface area (Å²) in [6.45, 7) is 8.02. The van der Waals surface area contributed by atoms with Gasteiger partial charge in [0.1, 0.15) is 5.60 Å². The number of hydrogen-bond donors (Lipinski definition) is 0. The second-order valence-corrected chi connectivity index (χ2v) is 6.14. The summed E-state index contributed by atoms with van der Waals surface area (Å²) in [6, 6.07) is 0. The number of carbonyl (C=O) groups is 1. The van der Waals surface area contributed by atoms with Gasteiger partial charge in [0.05, 0.1) is 12.1 Å². The number of piperidine rings is 1. The second-order valence-electron chi connectivity index (χ2n) is 6.14. The molecule has 0 aliphatic carbocycles. The third-order valence-corrected chi connectivity index (χ3v) is 3.38. The van der Waals surface area contributed by atoms with E-state index in [0.717, 1.165) is 38.8 Å². The van der Waals surface area contributed by atoms with Crippen molar-refractivity contribution in [1.29, 1.82) is 0 Å². The third kappa shape index (κ3) is 3.12. The highest BCUT2D eigenvalue weighted by molar-refractivity contribution is 5.68. The first-order valence-corrected chi connectivity index (χ1v) is 6.52. The number of carbonyl (C=O) groups excluding carboxylic acids is 1. The molecule has 17 heavy (non-hydrogen) atoms. The Bertz CT molecular complexity index is 290. The van der Waals surface area contributed by atoms with Crippen LogP contribution in [0.25, 0.3) is 0 Å². The van der Waals surface area contributed by atoms with Gasteiger partial charge in [-0.3, -0.25) is 0 Å². The van der Waals surface area contributed by atoms with Crippen molar-refractivity contribution in [2.75, 3.05) is 19.7 Å². The minimum atomic E-state index is -0.418. The van der Waals surface area contributed by atoms with Gasteiger partial charge in [0.15, 0.2) is 0 Å². The SMILES string of the molecule is CC(C)(C)OC(=O)N1CCCC2(CCCO2)C1. The van der Waals surface area contributed by atoms with E-state index in [-0.39, 0.29) is 11.7 Å². The molecule has 2 heterocycles.